The predicted octanol–water partition coefficient (Wildman–Crippen LogP) is 3.31. The Bertz CT molecular complexity index is 533. The first kappa shape index (κ1) is 15.2. The number of nitrogens with one attached hydrogen (secondary N) is 1. The van der Waals surface area contributed by atoms with Crippen LogP contribution in [0.1, 0.15) is 40.3 Å². The number of nitrogens with zero attached hydrogens (tertiary/aromatic N) is 2. The van der Waals surface area contributed by atoms with Gasteiger partial charge in [-0.25, -0.2) is 4.98 Å². The monoisotopic (exact) mass is 293 g/mol. The van der Waals surface area contributed by atoms with Crippen LogP contribution in [0.2, 0.25) is 0 Å². The van der Waals surface area contributed by atoms with Crippen LogP contribution < -0.4 is 5.32 Å². The van der Waals surface area contributed by atoms with Crippen LogP contribution in [0.3, 0.4) is 0 Å². The van der Waals surface area contributed by atoms with E-state index in [2.05, 4.69) is 50.1 Å². The maximum Gasteiger partial charge on any atom is 0.122 e. The molecule has 0 saturated heterocycles. The summed E-state index contributed by atoms with van der Waals surface area (Å²) >= 11 is 1.77. The Balaban J connectivity index is 2.01. The van der Waals surface area contributed by atoms with E-state index in [-0.39, 0.29) is 6.04 Å². The average molecular weight is 293 g/mol. The molecular weight excluding hydrogens is 270 g/mol. The molecule has 0 aromatic carbocycles. The molecule has 2 atom stereocenters. The molecule has 2 aromatic rings. The molecule has 0 amide bonds. The summed E-state index contributed by atoms with van der Waals surface area (Å²) < 4.78 is 5.53. The van der Waals surface area contributed by atoms with E-state index in [1.807, 2.05) is 12.1 Å². The molecule has 0 aliphatic heterocycles. The van der Waals surface area contributed by atoms with E-state index in [0.717, 1.165) is 23.0 Å². The van der Waals surface area contributed by atoms with E-state index in [9.17, 15) is 0 Å². The van der Waals surface area contributed by atoms with E-state index in [1.54, 1.807) is 17.6 Å². The third-order valence-electron chi connectivity index (χ3n) is 3.45. The molecule has 20 heavy (non-hydrogen) atoms. The molecule has 2 rings (SSSR count). The van der Waals surface area contributed by atoms with Crippen LogP contribution in [-0.2, 0) is 0 Å². The van der Waals surface area contributed by atoms with Crippen molar-refractivity contribution in [3.8, 4) is 0 Å². The van der Waals surface area contributed by atoms with Gasteiger partial charge >= 0.3 is 0 Å². The van der Waals surface area contributed by atoms with Crippen molar-refractivity contribution in [2.75, 3.05) is 20.6 Å². The minimum Gasteiger partial charge on any atom is -0.468 e. The van der Waals surface area contributed by atoms with Gasteiger partial charge in [-0.05, 0) is 47.0 Å². The molecule has 0 spiro atoms. The Kier molecular flexibility index (Phi) is 4.96. The molecule has 2 heterocycles. The second-order valence-electron chi connectivity index (χ2n) is 5.31. The predicted molar refractivity (Wildman–Crippen MR) is 83.1 cm³/mol. The van der Waals surface area contributed by atoms with Gasteiger partial charge in [0.1, 0.15) is 5.76 Å². The summed E-state index contributed by atoms with van der Waals surface area (Å²) in [6.45, 7) is 7.17. The van der Waals surface area contributed by atoms with E-state index < -0.39 is 0 Å². The van der Waals surface area contributed by atoms with Crippen LogP contribution in [-0.4, -0.2) is 30.5 Å². The Morgan fingerprint density at radius 2 is 2.15 bits per heavy atom. The van der Waals surface area contributed by atoms with Crippen LogP contribution in [0.25, 0.3) is 0 Å². The third-order valence-corrected chi connectivity index (χ3v) is 4.70. The molecular formula is C15H23N3OS. The number of thiazole rings is 1. The Labute approximate surface area is 124 Å². The molecule has 2 aromatic heterocycles. The van der Waals surface area contributed by atoms with Gasteiger partial charge in [0, 0.05) is 17.5 Å². The summed E-state index contributed by atoms with van der Waals surface area (Å²) in [5.41, 5.74) is 1.13. The van der Waals surface area contributed by atoms with Crippen molar-refractivity contribution < 1.29 is 4.42 Å². The number of aryl methyl sites for hydroxylation is 2. The third kappa shape index (κ3) is 3.48. The lowest BCUT2D eigenvalue weighted by atomic mass is 10.1. The minimum absolute atomic E-state index is 0.238. The summed E-state index contributed by atoms with van der Waals surface area (Å²) in [5, 5.41) is 4.72. The largest absolute Gasteiger partial charge is 0.468 e. The second-order valence-corrected chi connectivity index (χ2v) is 6.54. The van der Waals surface area contributed by atoms with Crippen molar-refractivity contribution in [1.82, 2.24) is 15.2 Å². The van der Waals surface area contributed by atoms with Gasteiger partial charge in [0.25, 0.3) is 0 Å². The highest BCUT2D eigenvalue weighted by molar-refractivity contribution is 7.11. The normalized spacial score (nSPS) is 14.7. The number of likely N-dealkylation sites (N-methyl/N-ethyl adjacent to an activating group) is 1. The highest BCUT2D eigenvalue weighted by Gasteiger charge is 2.19. The van der Waals surface area contributed by atoms with Crippen molar-refractivity contribution in [1.29, 1.82) is 0 Å². The van der Waals surface area contributed by atoms with Gasteiger partial charge in [-0.15, -0.1) is 11.3 Å². The lowest BCUT2D eigenvalue weighted by Gasteiger charge is -2.24. The minimum atomic E-state index is 0.238. The van der Waals surface area contributed by atoms with E-state index in [1.165, 1.54) is 4.88 Å². The zero-order chi connectivity index (χ0) is 14.7. The molecule has 2 unspecified atom stereocenters. The van der Waals surface area contributed by atoms with Crippen molar-refractivity contribution in [2.24, 2.45) is 0 Å². The van der Waals surface area contributed by atoms with Gasteiger partial charge in [-0.3, -0.25) is 4.90 Å². The topological polar surface area (TPSA) is 41.3 Å². The Morgan fingerprint density at radius 3 is 2.65 bits per heavy atom. The van der Waals surface area contributed by atoms with E-state index >= 15 is 0 Å². The molecule has 0 aliphatic rings. The first-order valence-electron chi connectivity index (χ1n) is 6.86. The van der Waals surface area contributed by atoms with Crippen LogP contribution >= 0.6 is 11.3 Å². The highest BCUT2D eigenvalue weighted by atomic mass is 32.1. The SMILES string of the molecule is Cc1nc(C)c(C(C)NCC(c2ccco2)N(C)C)s1. The molecule has 5 heteroatoms. The van der Waals surface area contributed by atoms with Gasteiger partial charge in [0.15, 0.2) is 0 Å². The van der Waals surface area contributed by atoms with Crippen molar-refractivity contribution in [3.63, 3.8) is 0 Å². The number of rotatable bonds is 6. The molecule has 0 saturated carbocycles. The summed E-state index contributed by atoms with van der Waals surface area (Å²) in [6.07, 6.45) is 1.73. The molecule has 0 bridgehead atoms. The number of hydrogen-bond acceptors (Lipinski definition) is 5. The molecule has 0 aliphatic carbocycles. The van der Waals surface area contributed by atoms with Crippen LogP contribution in [0.5, 0.6) is 0 Å². The number of aromatic nitrogens is 1. The lowest BCUT2D eigenvalue weighted by molar-refractivity contribution is 0.245. The Morgan fingerprint density at radius 1 is 1.40 bits per heavy atom. The smallest absolute Gasteiger partial charge is 0.122 e. The zero-order valence-corrected chi connectivity index (χ0v) is 13.6. The van der Waals surface area contributed by atoms with Crippen LogP contribution in [0, 0.1) is 13.8 Å². The number of hydrogen-bond donors (Lipinski definition) is 1. The van der Waals surface area contributed by atoms with E-state index in [4.69, 9.17) is 4.42 Å². The Hall–Kier alpha value is -1.17. The maximum absolute atomic E-state index is 5.53. The second kappa shape index (κ2) is 6.52. The average Bonchev–Trinajstić information content (AvgIpc) is 2.99. The first-order chi connectivity index (χ1) is 9.49. The molecule has 0 fully saturated rings. The van der Waals surface area contributed by atoms with Gasteiger partial charge in [0.2, 0.25) is 0 Å². The molecule has 4 nitrogen and oxygen atoms in total. The molecule has 0 radical (unpaired) electrons. The first-order valence-corrected chi connectivity index (χ1v) is 7.67. The van der Waals surface area contributed by atoms with Gasteiger partial charge < -0.3 is 9.73 Å². The molecule has 110 valence electrons. The highest BCUT2D eigenvalue weighted by Crippen LogP contribution is 2.25. The maximum atomic E-state index is 5.53. The van der Waals surface area contributed by atoms with E-state index in [0.29, 0.717) is 6.04 Å². The zero-order valence-electron chi connectivity index (χ0n) is 12.8. The van der Waals surface area contributed by atoms with Gasteiger partial charge in [0.05, 0.1) is 23.0 Å². The van der Waals surface area contributed by atoms with Crippen molar-refractivity contribution in [2.45, 2.75) is 32.9 Å². The summed E-state index contributed by atoms with van der Waals surface area (Å²) in [7, 11) is 4.14. The number of furan rings is 1. The van der Waals surface area contributed by atoms with Crippen LogP contribution in [0.15, 0.2) is 22.8 Å². The fraction of sp³-hybridized carbons (Fsp3) is 0.533. The summed E-state index contributed by atoms with van der Waals surface area (Å²) in [5.74, 6) is 0.993. The fourth-order valence-corrected chi connectivity index (χ4v) is 3.30. The van der Waals surface area contributed by atoms with Crippen molar-refractivity contribution >= 4 is 11.3 Å². The van der Waals surface area contributed by atoms with Crippen molar-refractivity contribution in [3.05, 3.63) is 39.7 Å². The fourth-order valence-electron chi connectivity index (χ4n) is 2.35. The summed E-state index contributed by atoms with van der Waals surface area (Å²) in [4.78, 5) is 7.98. The molecule has 1 N–H and O–H groups in total. The standard InChI is InChI=1S/C15H23N3OS/c1-10(15-11(2)17-12(3)20-15)16-9-13(18(4)5)14-7-6-8-19-14/h6-8,10,13,16H,9H2,1-5H3. The lowest BCUT2D eigenvalue weighted by Crippen LogP contribution is -2.32. The quantitative estimate of drug-likeness (QED) is 0.887. The van der Waals surface area contributed by atoms with Gasteiger partial charge in [-0.1, -0.05) is 0 Å². The van der Waals surface area contributed by atoms with Gasteiger partial charge in [-0.2, -0.15) is 0 Å². The van der Waals surface area contributed by atoms with Crippen LogP contribution in [0.4, 0.5) is 0 Å². The summed E-state index contributed by atoms with van der Waals surface area (Å²) in [6, 6.07) is 4.51.